The highest BCUT2D eigenvalue weighted by Crippen LogP contribution is 2.03. The largest absolute Gasteiger partial charge is 0.309 e. The van der Waals surface area contributed by atoms with E-state index in [4.69, 9.17) is 0 Å². The maximum Gasteiger partial charge on any atom is 0.0148 e. The van der Waals surface area contributed by atoms with Gasteiger partial charge in [-0.15, -0.1) is 0 Å². The Morgan fingerprint density at radius 2 is 1.62 bits per heavy atom. The number of hydrogen-bond donors (Lipinski definition) is 1. The molecule has 1 N–H and O–H groups in total. The van der Waals surface area contributed by atoms with Gasteiger partial charge in [0.25, 0.3) is 0 Å². The summed E-state index contributed by atoms with van der Waals surface area (Å²) >= 11 is 0. The fraction of sp³-hybridized carbons (Fsp3) is 0.333. The summed E-state index contributed by atoms with van der Waals surface area (Å²) in [7, 11) is 0. The number of fused-ring (bicyclic) bond motifs is 1. The second-order valence-electron chi connectivity index (χ2n) is 5.25. The molecule has 0 saturated carbocycles. The van der Waals surface area contributed by atoms with Crippen molar-refractivity contribution >= 4 is 12.2 Å². The molecule has 1 heteroatoms. The molecule has 0 atom stereocenters. The van der Waals surface area contributed by atoms with E-state index < -0.39 is 0 Å². The first-order valence-corrected chi connectivity index (χ1v) is 5.78. The third-order valence-electron chi connectivity index (χ3n) is 2.61. The lowest BCUT2D eigenvalue weighted by Crippen LogP contribution is -2.35. The SMILES string of the molecule is CC(C)(C)NCC=C1C=c2ccccc2=C1. The van der Waals surface area contributed by atoms with Crippen LogP contribution in [0.15, 0.2) is 35.9 Å². The molecule has 0 unspecified atom stereocenters. The van der Waals surface area contributed by atoms with Crippen molar-refractivity contribution in [2.45, 2.75) is 26.3 Å². The fourth-order valence-electron chi connectivity index (χ4n) is 1.77. The molecule has 16 heavy (non-hydrogen) atoms. The molecule has 84 valence electrons. The first-order valence-electron chi connectivity index (χ1n) is 5.78. The van der Waals surface area contributed by atoms with E-state index in [0.717, 1.165) is 6.54 Å². The van der Waals surface area contributed by atoms with E-state index in [0.29, 0.717) is 0 Å². The lowest BCUT2D eigenvalue weighted by molar-refractivity contribution is 0.449. The van der Waals surface area contributed by atoms with Crippen LogP contribution in [-0.2, 0) is 0 Å². The Hall–Kier alpha value is -1.34. The van der Waals surface area contributed by atoms with Crippen molar-refractivity contribution < 1.29 is 0 Å². The van der Waals surface area contributed by atoms with Crippen LogP contribution in [0.4, 0.5) is 0 Å². The van der Waals surface area contributed by atoms with Crippen molar-refractivity contribution in [1.29, 1.82) is 0 Å². The van der Waals surface area contributed by atoms with Gasteiger partial charge in [0, 0.05) is 12.1 Å². The topological polar surface area (TPSA) is 12.0 Å². The van der Waals surface area contributed by atoms with Gasteiger partial charge >= 0.3 is 0 Å². The van der Waals surface area contributed by atoms with Crippen LogP contribution in [0.25, 0.3) is 12.2 Å². The third kappa shape index (κ3) is 2.83. The average molecular weight is 213 g/mol. The Morgan fingerprint density at radius 3 is 2.12 bits per heavy atom. The molecule has 0 aliphatic heterocycles. The van der Waals surface area contributed by atoms with E-state index in [-0.39, 0.29) is 5.54 Å². The molecule has 1 aliphatic rings. The third-order valence-corrected chi connectivity index (χ3v) is 2.61. The molecule has 0 radical (unpaired) electrons. The molecular weight excluding hydrogens is 194 g/mol. The molecule has 1 aromatic rings. The van der Waals surface area contributed by atoms with Gasteiger partial charge in [-0.3, -0.25) is 0 Å². The van der Waals surface area contributed by atoms with Gasteiger partial charge in [0.1, 0.15) is 0 Å². The Kier molecular flexibility index (Phi) is 2.97. The molecule has 0 bridgehead atoms. The number of nitrogens with one attached hydrogen (secondary N) is 1. The first kappa shape index (κ1) is 11.2. The molecule has 1 aliphatic carbocycles. The minimum absolute atomic E-state index is 0.183. The van der Waals surface area contributed by atoms with E-state index in [1.54, 1.807) is 0 Å². The first-order chi connectivity index (χ1) is 7.54. The van der Waals surface area contributed by atoms with Crippen molar-refractivity contribution in [3.63, 3.8) is 0 Å². The fourth-order valence-corrected chi connectivity index (χ4v) is 1.77. The molecule has 1 nitrogen and oxygen atoms in total. The van der Waals surface area contributed by atoms with Crippen molar-refractivity contribution in [3.8, 4) is 0 Å². The summed E-state index contributed by atoms with van der Waals surface area (Å²) in [6.45, 7) is 7.47. The van der Waals surface area contributed by atoms with Crippen molar-refractivity contribution in [3.05, 3.63) is 46.4 Å². The monoisotopic (exact) mass is 213 g/mol. The molecular formula is C15H19N. The smallest absolute Gasteiger partial charge is 0.0148 e. The van der Waals surface area contributed by atoms with Crippen molar-refractivity contribution in [2.75, 3.05) is 6.54 Å². The van der Waals surface area contributed by atoms with Gasteiger partial charge in [0.2, 0.25) is 0 Å². The molecule has 0 heterocycles. The number of rotatable bonds is 2. The lowest BCUT2D eigenvalue weighted by Gasteiger charge is -2.19. The maximum atomic E-state index is 3.46. The Balaban J connectivity index is 2.10. The van der Waals surface area contributed by atoms with E-state index in [2.05, 4.69) is 68.6 Å². The zero-order chi connectivity index (χ0) is 11.6. The summed E-state index contributed by atoms with van der Waals surface area (Å²) < 4.78 is 0. The van der Waals surface area contributed by atoms with Gasteiger partial charge in [0.05, 0.1) is 0 Å². The van der Waals surface area contributed by atoms with E-state index in [9.17, 15) is 0 Å². The highest BCUT2D eigenvalue weighted by molar-refractivity contribution is 5.71. The standard InChI is InChI=1S/C15H19N/c1-15(2,3)16-9-8-12-10-13-6-4-5-7-14(13)11-12/h4-8,10-11,16H,9H2,1-3H3. The summed E-state index contributed by atoms with van der Waals surface area (Å²) in [6.07, 6.45) is 6.71. The van der Waals surface area contributed by atoms with E-state index in [1.165, 1.54) is 16.0 Å². The second kappa shape index (κ2) is 4.26. The van der Waals surface area contributed by atoms with Gasteiger partial charge in [-0.2, -0.15) is 0 Å². The summed E-state index contributed by atoms with van der Waals surface area (Å²) in [5.74, 6) is 0. The Morgan fingerprint density at radius 1 is 1.06 bits per heavy atom. The van der Waals surface area contributed by atoms with Crippen LogP contribution in [-0.4, -0.2) is 12.1 Å². The number of benzene rings is 1. The zero-order valence-electron chi connectivity index (χ0n) is 10.2. The summed E-state index contributed by atoms with van der Waals surface area (Å²) in [6, 6.07) is 8.48. The molecule has 0 fully saturated rings. The summed E-state index contributed by atoms with van der Waals surface area (Å²) in [4.78, 5) is 0. The van der Waals surface area contributed by atoms with Gasteiger partial charge in [-0.05, 0) is 48.9 Å². The van der Waals surface area contributed by atoms with E-state index >= 15 is 0 Å². The molecule has 0 aromatic heterocycles. The van der Waals surface area contributed by atoms with Gasteiger partial charge in [-0.1, -0.05) is 30.3 Å². The van der Waals surface area contributed by atoms with Crippen molar-refractivity contribution in [1.82, 2.24) is 5.32 Å². The maximum absolute atomic E-state index is 3.46. The van der Waals surface area contributed by atoms with E-state index in [1.807, 2.05) is 0 Å². The molecule has 0 spiro atoms. The van der Waals surface area contributed by atoms with Crippen LogP contribution in [0.2, 0.25) is 0 Å². The predicted molar refractivity (Wildman–Crippen MR) is 70.5 cm³/mol. The van der Waals surface area contributed by atoms with Crippen LogP contribution in [0.5, 0.6) is 0 Å². The highest BCUT2D eigenvalue weighted by Gasteiger charge is 2.06. The van der Waals surface area contributed by atoms with Crippen LogP contribution < -0.4 is 15.8 Å². The number of allylic oxidation sites excluding steroid dienone is 1. The van der Waals surface area contributed by atoms with Crippen LogP contribution in [0, 0.1) is 0 Å². The predicted octanol–water partition coefficient (Wildman–Crippen LogP) is 1.58. The number of hydrogen-bond acceptors (Lipinski definition) is 1. The molecule has 2 rings (SSSR count). The quantitative estimate of drug-likeness (QED) is 0.786. The summed E-state index contributed by atoms with van der Waals surface area (Å²) in [5.41, 5.74) is 1.49. The van der Waals surface area contributed by atoms with Crippen LogP contribution in [0.3, 0.4) is 0 Å². The molecule has 1 aromatic carbocycles. The zero-order valence-corrected chi connectivity index (χ0v) is 10.2. The average Bonchev–Trinajstić information content (AvgIpc) is 2.57. The lowest BCUT2D eigenvalue weighted by atomic mass is 10.1. The summed E-state index contributed by atoms with van der Waals surface area (Å²) in [5, 5.41) is 6.11. The highest BCUT2D eigenvalue weighted by atomic mass is 14.9. The molecule has 0 saturated heterocycles. The van der Waals surface area contributed by atoms with Crippen LogP contribution >= 0.6 is 0 Å². The van der Waals surface area contributed by atoms with Gasteiger partial charge in [-0.25, -0.2) is 0 Å². The van der Waals surface area contributed by atoms with Crippen LogP contribution in [0.1, 0.15) is 20.8 Å². The minimum Gasteiger partial charge on any atom is -0.309 e. The Bertz CT molecular complexity index is 478. The van der Waals surface area contributed by atoms with Gasteiger partial charge in [0.15, 0.2) is 0 Å². The minimum atomic E-state index is 0.183. The van der Waals surface area contributed by atoms with Crippen molar-refractivity contribution in [2.24, 2.45) is 0 Å². The Labute approximate surface area is 97.2 Å². The molecule has 0 amide bonds. The second-order valence-corrected chi connectivity index (χ2v) is 5.25. The normalized spacial score (nSPS) is 14.1. The van der Waals surface area contributed by atoms with Gasteiger partial charge < -0.3 is 5.32 Å².